The summed E-state index contributed by atoms with van der Waals surface area (Å²) < 4.78 is 4.98. The number of piperidine rings is 1. The molecule has 2 N–H and O–H groups in total. The van der Waals surface area contributed by atoms with Gasteiger partial charge in [0.15, 0.2) is 0 Å². The molecule has 3 rings (SSSR count). The van der Waals surface area contributed by atoms with Crippen LogP contribution in [0.3, 0.4) is 0 Å². The van der Waals surface area contributed by atoms with Crippen molar-refractivity contribution in [3.8, 4) is 0 Å². The van der Waals surface area contributed by atoms with Crippen LogP contribution in [0.5, 0.6) is 0 Å². The van der Waals surface area contributed by atoms with E-state index in [1.54, 1.807) is 11.0 Å². The lowest BCUT2D eigenvalue weighted by molar-refractivity contribution is 0.0708. The Morgan fingerprint density at radius 2 is 2.03 bits per heavy atom. The molecule has 0 bridgehead atoms. The number of hydrogen-bond acceptors (Lipinski definition) is 4. The van der Waals surface area contributed by atoms with Crippen LogP contribution >= 0.6 is 11.8 Å². The number of anilines is 1. The summed E-state index contributed by atoms with van der Waals surface area (Å²) in [5, 5.41) is 6.56. The number of aryl methyl sites for hydroxylation is 1. The first-order chi connectivity index (χ1) is 14.0. The van der Waals surface area contributed by atoms with Gasteiger partial charge in [0.1, 0.15) is 6.26 Å². The van der Waals surface area contributed by atoms with Crippen LogP contribution in [0.2, 0.25) is 0 Å². The van der Waals surface area contributed by atoms with E-state index < -0.39 is 0 Å². The SMILES string of the molecule is CCC(C)Sc1ccc(NC(=O)NC2CCN(C(=O)c3ccoc3)CC2)c(C)c1. The van der Waals surface area contributed by atoms with E-state index in [4.69, 9.17) is 4.42 Å². The molecule has 0 aliphatic carbocycles. The quantitative estimate of drug-likeness (QED) is 0.658. The van der Waals surface area contributed by atoms with Gasteiger partial charge >= 0.3 is 6.03 Å². The van der Waals surface area contributed by atoms with Crippen molar-refractivity contribution < 1.29 is 14.0 Å². The molecule has 2 heterocycles. The molecule has 0 radical (unpaired) electrons. The Labute approximate surface area is 176 Å². The van der Waals surface area contributed by atoms with Crippen LogP contribution in [0, 0.1) is 6.92 Å². The summed E-state index contributed by atoms with van der Waals surface area (Å²) in [5.41, 5.74) is 2.44. The fraction of sp³-hybridized carbons (Fsp3) is 0.455. The molecule has 3 amide bonds. The van der Waals surface area contributed by atoms with Gasteiger partial charge < -0.3 is 20.0 Å². The van der Waals surface area contributed by atoms with Crippen molar-refractivity contribution >= 4 is 29.4 Å². The van der Waals surface area contributed by atoms with Gasteiger partial charge in [-0.1, -0.05) is 13.8 Å². The van der Waals surface area contributed by atoms with Crippen molar-refractivity contribution in [3.05, 3.63) is 47.9 Å². The Morgan fingerprint density at radius 1 is 1.28 bits per heavy atom. The maximum absolute atomic E-state index is 12.4. The van der Waals surface area contributed by atoms with E-state index in [9.17, 15) is 9.59 Å². The monoisotopic (exact) mass is 415 g/mol. The summed E-state index contributed by atoms with van der Waals surface area (Å²) in [6.45, 7) is 7.65. The van der Waals surface area contributed by atoms with Crippen LogP contribution in [0.4, 0.5) is 10.5 Å². The molecule has 1 aromatic heterocycles. The van der Waals surface area contributed by atoms with Gasteiger partial charge in [-0.25, -0.2) is 4.79 Å². The summed E-state index contributed by atoms with van der Waals surface area (Å²) in [7, 11) is 0. The highest BCUT2D eigenvalue weighted by Crippen LogP contribution is 2.28. The van der Waals surface area contributed by atoms with Crippen LogP contribution in [-0.2, 0) is 0 Å². The maximum Gasteiger partial charge on any atom is 0.319 e. The molecule has 1 aliphatic rings. The number of carbonyl (C=O) groups is 2. The summed E-state index contributed by atoms with van der Waals surface area (Å²) in [6.07, 6.45) is 5.57. The van der Waals surface area contributed by atoms with Crippen LogP contribution < -0.4 is 10.6 Å². The molecule has 6 nitrogen and oxygen atoms in total. The predicted molar refractivity (Wildman–Crippen MR) is 117 cm³/mol. The number of carbonyl (C=O) groups excluding carboxylic acids is 2. The summed E-state index contributed by atoms with van der Waals surface area (Å²) >= 11 is 1.85. The molecule has 1 saturated heterocycles. The number of thioether (sulfide) groups is 1. The zero-order valence-electron chi connectivity index (χ0n) is 17.2. The second kappa shape index (κ2) is 9.87. The minimum atomic E-state index is -0.199. The van der Waals surface area contributed by atoms with Gasteiger partial charge in [-0.05, 0) is 56.0 Å². The lowest BCUT2D eigenvalue weighted by Gasteiger charge is -2.32. The largest absolute Gasteiger partial charge is 0.472 e. The highest BCUT2D eigenvalue weighted by atomic mass is 32.2. The minimum absolute atomic E-state index is 0.0207. The molecule has 0 spiro atoms. The summed E-state index contributed by atoms with van der Waals surface area (Å²) in [5.74, 6) is -0.0207. The topological polar surface area (TPSA) is 74.6 Å². The Morgan fingerprint density at radius 3 is 2.66 bits per heavy atom. The first-order valence-electron chi connectivity index (χ1n) is 10.1. The third-order valence-electron chi connectivity index (χ3n) is 5.24. The Balaban J connectivity index is 1.47. The fourth-order valence-corrected chi connectivity index (χ4v) is 4.33. The molecule has 1 fully saturated rings. The van der Waals surface area contributed by atoms with Gasteiger partial charge in [0.25, 0.3) is 5.91 Å². The molecule has 7 heteroatoms. The Hall–Kier alpha value is -2.41. The Bertz CT molecular complexity index is 830. The normalized spacial score (nSPS) is 15.8. The van der Waals surface area contributed by atoms with Crippen molar-refractivity contribution in [2.75, 3.05) is 18.4 Å². The van der Waals surface area contributed by atoms with Crippen molar-refractivity contribution in [2.45, 2.75) is 56.2 Å². The molecule has 1 atom stereocenters. The zero-order chi connectivity index (χ0) is 20.8. The van der Waals surface area contributed by atoms with Crippen molar-refractivity contribution in [3.63, 3.8) is 0 Å². The van der Waals surface area contributed by atoms with Gasteiger partial charge in [0, 0.05) is 35.0 Å². The minimum Gasteiger partial charge on any atom is -0.472 e. The average Bonchev–Trinajstić information content (AvgIpc) is 3.25. The zero-order valence-corrected chi connectivity index (χ0v) is 18.1. The van der Waals surface area contributed by atoms with Gasteiger partial charge in [-0.3, -0.25) is 4.79 Å². The highest BCUT2D eigenvalue weighted by Gasteiger charge is 2.25. The maximum atomic E-state index is 12.4. The molecule has 0 saturated carbocycles. The number of nitrogens with zero attached hydrogens (tertiary/aromatic N) is 1. The number of nitrogens with one attached hydrogen (secondary N) is 2. The number of urea groups is 1. The van der Waals surface area contributed by atoms with Gasteiger partial charge in [-0.2, -0.15) is 0 Å². The lowest BCUT2D eigenvalue weighted by atomic mass is 10.0. The van der Waals surface area contributed by atoms with Gasteiger partial charge in [-0.15, -0.1) is 11.8 Å². The molecule has 1 aromatic carbocycles. The van der Waals surface area contributed by atoms with Gasteiger partial charge in [0.2, 0.25) is 0 Å². The molecule has 1 unspecified atom stereocenters. The number of likely N-dealkylation sites (tertiary alicyclic amines) is 1. The fourth-order valence-electron chi connectivity index (χ4n) is 3.30. The summed E-state index contributed by atoms with van der Waals surface area (Å²) in [4.78, 5) is 27.8. The van der Waals surface area contributed by atoms with E-state index in [1.165, 1.54) is 17.4 Å². The molecular weight excluding hydrogens is 386 g/mol. The van der Waals surface area contributed by atoms with E-state index >= 15 is 0 Å². The smallest absolute Gasteiger partial charge is 0.319 e. The number of rotatable bonds is 6. The molecule has 2 aromatic rings. The molecule has 1 aliphatic heterocycles. The second-order valence-electron chi connectivity index (χ2n) is 7.49. The summed E-state index contributed by atoms with van der Waals surface area (Å²) in [6, 6.07) is 7.67. The van der Waals surface area contributed by atoms with Crippen LogP contribution in [0.15, 0.2) is 46.1 Å². The first kappa shape index (κ1) is 21.3. The third kappa shape index (κ3) is 5.79. The molecular formula is C22H29N3O3S. The van der Waals surface area contributed by atoms with Crippen molar-refractivity contribution in [1.29, 1.82) is 0 Å². The van der Waals surface area contributed by atoms with Crippen LogP contribution in [-0.4, -0.2) is 41.2 Å². The number of benzene rings is 1. The van der Waals surface area contributed by atoms with E-state index in [0.29, 0.717) is 23.9 Å². The number of hydrogen-bond donors (Lipinski definition) is 2. The van der Waals surface area contributed by atoms with Gasteiger partial charge in [0.05, 0.1) is 11.8 Å². The van der Waals surface area contributed by atoms with Crippen LogP contribution in [0.25, 0.3) is 0 Å². The van der Waals surface area contributed by atoms with E-state index in [1.807, 2.05) is 24.8 Å². The lowest BCUT2D eigenvalue weighted by Crippen LogP contribution is -2.47. The number of amides is 3. The van der Waals surface area contributed by atoms with Crippen LogP contribution in [0.1, 0.15) is 49.0 Å². The standard InChI is InChI=1S/C22H29N3O3S/c1-4-16(3)29-19-5-6-20(15(2)13-19)24-22(27)23-18-7-10-25(11-8-18)21(26)17-9-12-28-14-17/h5-6,9,12-14,16,18H,4,7-8,10-11H2,1-3H3,(H2,23,24,27). The first-order valence-corrected chi connectivity index (χ1v) is 11.0. The molecule has 156 valence electrons. The predicted octanol–water partition coefficient (Wildman–Crippen LogP) is 4.90. The molecule has 29 heavy (non-hydrogen) atoms. The van der Waals surface area contributed by atoms with E-state index in [2.05, 4.69) is 36.6 Å². The average molecular weight is 416 g/mol. The third-order valence-corrected chi connectivity index (χ3v) is 6.51. The number of furan rings is 1. The van der Waals surface area contributed by atoms with E-state index in [0.717, 1.165) is 30.5 Å². The Kier molecular flexibility index (Phi) is 7.25. The highest BCUT2D eigenvalue weighted by molar-refractivity contribution is 7.99. The van der Waals surface area contributed by atoms with Crippen molar-refractivity contribution in [1.82, 2.24) is 10.2 Å². The van der Waals surface area contributed by atoms with Crippen molar-refractivity contribution in [2.24, 2.45) is 0 Å². The van der Waals surface area contributed by atoms with E-state index in [-0.39, 0.29) is 18.0 Å². The second-order valence-corrected chi connectivity index (χ2v) is 9.00.